The number of ether oxygens (including phenoxy) is 2. The minimum atomic E-state index is -2.03. The van der Waals surface area contributed by atoms with E-state index in [0.717, 1.165) is 11.3 Å². The fourth-order valence-corrected chi connectivity index (χ4v) is 7.86. The largest absolute Gasteiger partial charge is 0.481 e. The number of hydrogen-bond acceptors (Lipinski definition) is 7. The van der Waals surface area contributed by atoms with Gasteiger partial charge in [0.05, 0.1) is 17.2 Å². The SMILES string of the molecule is CC(=O)O[C@@H]1[C@H]2[C@@H](C)c3ccoc3C[C@@H]2[C@@]2(C)CCC[C@](C)(C(=O)O)[C@]2(O)[C@@H]1OC(=O)c1ccccc1. The van der Waals surface area contributed by atoms with E-state index in [2.05, 4.69) is 0 Å². The van der Waals surface area contributed by atoms with Gasteiger partial charge in [-0.25, -0.2) is 4.79 Å². The number of rotatable bonds is 4. The number of hydrogen-bond donors (Lipinski definition) is 2. The Hall–Kier alpha value is -3.13. The van der Waals surface area contributed by atoms with E-state index in [-0.39, 0.29) is 29.7 Å². The van der Waals surface area contributed by atoms with Gasteiger partial charge in [0.1, 0.15) is 17.5 Å². The molecule has 1 heterocycles. The number of carboxylic acids is 1. The van der Waals surface area contributed by atoms with Crippen molar-refractivity contribution in [2.24, 2.45) is 22.7 Å². The number of furan rings is 1. The Morgan fingerprint density at radius 2 is 1.76 bits per heavy atom. The van der Waals surface area contributed by atoms with E-state index in [4.69, 9.17) is 13.9 Å². The highest BCUT2D eigenvalue weighted by Gasteiger charge is 2.77. The van der Waals surface area contributed by atoms with Crippen LogP contribution in [0.4, 0.5) is 0 Å². The first-order valence-corrected chi connectivity index (χ1v) is 12.9. The number of carboxylic acid groups (broad SMARTS) is 1. The van der Waals surface area contributed by atoms with Crippen molar-refractivity contribution in [3.05, 3.63) is 59.5 Å². The molecule has 0 saturated heterocycles. The normalized spacial score (nSPS) is 38.5. The third-order valence-corrected chi connectivity index (χ3v) is 9.73. The molecular weight excluding hydrogens is 476 g/mol. The van der Waals surface area contributed by atoms with E-state index in [1.807, 2.05) is 19.9 Å². The van der Waals surface area contributed by atoms with Crippen molar-refractivity contribution in [1.29, 1.82) is 0 Å². The Labute approximate surface area is 215 Å². The predicted octanol–water partition coefficient (Wildman–Crippen LogP) is 4.35. The van der Waals surface area contributed by atoms with Crippen molar-refractivity contribution in [2.75, 3.05) is 0 Å². The fourth-order valence-electron chi connectivity index (χ4n) is 7.86. The molecule has 1 aromatic heterocycles. The number of aliphatic carboxylic acids is 1. The zero-order valence-electron chi connectivity index (χ0n) is 21.6. The monoisotopic (exact) mass is 510 g/mol. The van der Waals surface area contributed by atoms with Crippen LogP contribution in [0.1, 0.15) is 74.6 Å². The number of carbonyl (C=O) groups excluding carboxylic acids is 2. The molecule has 5 rings (SSSR count). The van der Waals surface area contributed by atoms with E-state index in [1.54, 1.807) is 36.6 Å². The molecule has 37 heavy (non-hydrogen) atoms. The van der Waals surface area contributed by atoms with Crippen molar-refractivity contribution >= 4 is 17.9 Å². The molecule has 2 fully saturated rings. The number of esters is 2. The smallest absolute Gasteiger partial charge is 0.338 e. The second kappa shape index (κ2) is 8.72. The molecule has 8 nitrogen and oxygen atoms in total. The molecule has 0 unspecified atom stereocenters. The Morgan fingerprint density at radius 1 is 1.05 bits per heavy atom. The highest BCUT2D eigenvalue weighted by atomic mass is 16.6. The van der Waals surface area contributed by atoms with Gasteiger partial charge in [0.2, 0.25) is 0 Å². The van der Waals surface area contributed by atoms with Crippen molar-refractivity contribution in [3.63, 3.8) is 0 Å². The number of fused-ring (bicyclic) bond motifs is 4. The molecule has 2 saturated carbocycles. The highest BCUT2D eigenvalue weighted by Crippen LogP contribution is 2.68. The molecule has 0 aliphatic heterocycles. The summed E-state index contributed by atoms with van der Waals surface area (Å²) in [6.45, 7) is 6.71. The lowest BCUT2D eigenvalue weighted by Crippen LogP contribution is -2.79. The lowest BCUT2D eigenvalue weighted by molar-refractivity contribution is -0.313. The van der Waals surface area contributed by atoms with Crippen LogP contribution in [0.5, 0.6) is 0 Å². The summed E-state index contributed by atoms with van der Waals surface area (Å²) in [5.74, 6) is -2.43. The Bertz CT molecular complexity index is 1220. The summed E-state index contributed by atoms with van der Waals surface area (Å²) in [5, 5.41) is 23.3. The van der Waals surface area contributed by atoms with Crippen molar-refractivity contribution < 1.29 is 38.5 Å². The number of benzene rings is 1. The summed E-state index contributed by atoms with van der Waals surface area (Å²) in [6, 6.07) is 10.2. The summed E-state index contributed by atoms with van der Waals surface area (Å²) in [6.07, 6.45) is 0.950. The first kappa shape index (κ1) is 25.5. The third-order valence-electron chi connectivity index (χ3n) is 9.73. The second-order valence-corrected chi connectivity index (χ2v) is 11.4. The first-order chi connectivity index (χ1) is 17.5. The minimum Gasteiger partial charge on any atom is -0.481 e. The van der Waals surface area contributed by atoms with Crippen LogP contribution in [0, 0.1) is 22.7 Å². The molecule has 0 amide bonds. The second-order valence-electron chi connectivity index (χ2n) is 11.4. The fraction of sp³-hybridized carbons (Fsp3) is 0.552. The van der Waals surface area contributed by atoms with Crippen molar-refractivity contribution in [3.8, 4) is 0 Å². The van der Waals surface area contributed by atoms with E-state index in [0.29, 0.717) is 19.3 Å². The standard InChI is InChI=1S/C29H34O8/c1-16-19-11-14-35-21(19)15-20-22(16)23(36-17(2)30)24(37-25(31)18-9-6-5-7-10-18)29(34)27(20,3)12-8-13-28(29,4)26(32)33/h5-7,9-11,14,16,20,22-24,34H,8,12-13,15H2,1-4H3,(H,32,33)/t16-,20-,22-,23+,24+,27+,28+,29-/m0/s1. The Kier molecular flexibility index (Phi) is 6.01. The summed E-state index contributed by atoms with van der Waals surface area (Å²) in [7, 11) is 0. The quantitative estimate of drug-likeness (QED) is 0.582. The van der Waals surface area contributed by atoms with Gasteiger partial charge in [-0.05, 0) is 55.4 Å². The zero-order chi connectivity index (χ0) is 26.8. The molecule has 8 atom stereocenters. The van der Waals surface area contributed by atoms with E-state index in [1.165, 1.54) is 13.8 Å². The van der Waals surface area contributed by atoms with Crippen LogP contribution >= 0.6 is 0 Å². The van der Waals surface area contributed by atoms with Gasteiger partial charge in [0, 0.05) is 24.7 Å². The Morgan fingerprint density at radius 3 is 2.41 bits per heavy atom. The average molecular weight is 511 g/mol. The molecule has 0 spiro atoms. The molecule has 198 valence electrons. The molecule has 0 bridgehead atoms. The lowest BCUT2D eigenvalue weighted by atomic mass is 9.39. The summed E-state index contributed by atoms with van der Waals surface area (Å²) in [5.41, 5.74) is -3.41. The lowest BCUT2D eigenvalue weighted by Gasteiger charge is -2.68. The van der Waals surface area contributed by atoms with Crippen LogP contribution in [-0.4, -0.2) is 45.9 Å². The molecule has 8 heteroatoms. The van der Waals surface area contributed by atoms with Crippen LogP contribution in [0.2, 0.25) is 0 Å². The summed E-state index contributed by atoms with van der Waals surface area (Å²) in [4.78, 5) is 38.7. The van der Waals surface area contributed by atoms with E-state index in [9.17, 15) is 24.6 Å². The molecule has 3 aliphatic carbocycles. The third kappa shape index (κ3) is 3.48. The summed E-state index contributed by atoms with van der Waals surface area (Å²) < 4.78 is 17.8. The minimum absolute atomic E-state index is 0.144. The van der Waals surface area contributed by atoms with Crippen LogP contribution in [0.3, 0.4) is 0 Å². The molecule has 3 aliphatic rings. The average Bonchev–Trinajstić information content (AvgIpc) is 3.33. The van der Waals surface area contributed by atoms with Crippen LogP contribution in [0.25, 0.3) is 0 Å². The molecule has 0 radical (unpaired) electrons. The van der Waals surface area contributed by atoms with Gasteiger partial charge >= 0.3 is 17.9 Å². The Balaban J connectivity index is 1.73. The van der Waals surface area contributed by atoms with E-state index >= 15 is 0 Å². The molecule has 2 N–H and O–H groups in total. The van der Waals surface area contributed by atoms with Gasteiger partial charge in [-0.3, -0.25) is 9.59 Å². The van der Waals surface area contributed by atoms with E-state index < -0.39 is 46.5 Å². The van der Waals surface area contributed by atoms with Crippen molar-refractivity contribution in [2.45, 2.75) is 77.1 Å². The highest BCUT2D eigenvalue weighted by molar-refractivity contribution is 5.89. The molecule has 1 aromatic carbocycles. The maximum Gasteiger partial charge on any atom is 0.338 e. The van der Waals surface area contributed by atoms with Gasteiger partial charge < -0.3 is 24.1 Å². The van der Waals surface area contributed by atoms with Gasteiger partial charge in [-0.2, -0.15) is 0 Å². The van der Waals surface area contributed by atoms with Gasteiger partial charge in [0.25, 0.3) is 0 Å². The topological polar surface area (TPSA) is 123 Å². The van der Waals surface area contributed by atoms with Crippen LogP contribution in [0.15, 0.2) is 47.1 Å². The van der Waals surface area contributed by atoms with Crippen LogP contribution in [-0.2, 0) is 25.5 Å². The number of carbonyl (C=O) groups is 3. The van der Waals surface area contributed by atoms with Gasteiger partial charge in [0.15, 0.2) is 6.10 Å². The molecular formula is C29H34O8. The zero-order valence-corrected chi connectivity index (χ0v) is 21.6. The van der Waals surface area contributed by atoms with Crippen LogP contribution < -0.4 is 0 Å². The predicted molar refractivity (Wildman–Crippen MR) is 132 cm³/mol. The van der Waals surface area contributed by atoms with Gasteiger partial charge in [-0.1, -0.05) is 38.5 Å². The maximum atomic E-state index is 13.4. The maximum absolute atomic E-state index is 13.4. The summed E-state index contributed by atoms with van der Waals surface area (Å²) >= 11 is 0. The van der Waals surface area contributed by atoms with Gasteiger partial charge in [-0.15, -0.1) is 0 Å². The first-order valence-electron chi connectivity index (χ1n) is 12.9. The molecule has 2 aromatic rings. The number of aliphatic hydroxyl groups is 1. The van der Waals surface area contributed by atoms with Crippen molar-refractivity contribution in [1.82, 2.24) is 0 Å².